The first kappa shape index (κ1) is 11.3. The Morgan fingerprint density at radius 1 is 1.26 bits per heavy atom. The highest BCUT2D eigenvalue weighted by molar-refractivity contribution is 7.23. The molecular formula is C13H13FN4S. The van der Waals surface area contributed by atoms with Crippen molar-refractivity contribution in [3.8, 4) is 0 Å². The van der Waals surface area contributed by atoms with Crippen LogP contribution in [0.25, 0.3) is 15.2 Å². The second-order valence-electron chi connectivity index (χ2n) is 4.91. The molecular weight excluding hydrogens is 263 g/mol. The fourth-order valence-corrected chi connectivity index (χ4v) is 3.77. The van der Waals surface area contributed by atoms with E-state index < -0.39 is 0 Å². The van der Waals surface area contributed by atoms with E-state index in [1.165, 1.54) is 17.4 Å². The number of hydrogen-bond donors (Lipinski definition) is 1. The molecule has 0 bridgehead atoms. The van der Waals surface area contributed by atoms with Gasteiger partial charge in [-0.1, -0.05) is 11.3 Å². The summed E-state index contributed by atoms with van der Waals surface area (Å²) in [5, 5.41) is 12.0. The molecule has 1 aliphatic rings. The Labute approximate surface area is 113 Å². The van der Waals surface area contributed by atoms with Crippen molar-refractivity contribution in [2.75, 3.05) is 13.1 Å². The number of piperidine rings is 1. The normalized spacial score (nSPS) is 17.5. The van der Waals surface area contributed by atoms with E-state index in [2.05, 4.69) is 19.9 Å². The topological polar surface area (TPSA) is 42.2 Å². The number of thiazole rings is 1. The minimum Gasteiger partial charge on any atom is -0.317 e. The highest BCUT2D eigenvalue weighted by Crippen LogP contribution is 2.31. The van der Waals surface area contributed by atoms with Crippen LogP contribution in [0.3, 0.4) is 0 Å². The molecule has 0 aliphatic carbocycles. The van der Waals surface area contributed by atoms with Gasteiger partial charge in [-0.25, -0.2) is 4.39 Å². The maximum absolute atomic E-state index is 13.3. The largest absolute Gasteiger partial charge is 0.317 e. The van der Waals surface area contributed by atoms with E-state index in [4.69, 9.17) is 0 Å². The summed E-state index contributed by atoms with van der Waals surface area (Å²) in [4.78, 5) is 0.856. The van der Waals surface area contributed by atoms with E-state index >= 15 is 0 Å². The van der Waals surface area contributed by atoms with Crippen molar-refractivity contribution in [1.29, 1.82) is 0 Å². The lowest BCUT2D eigenvalue weighted by Gasteiger charge is -2.20. The molecule has 0 spiro atoms. The van der Waals surface area contributed by atoms with E-state index in [1.807, 2.05) is 6.07 Å². The lowest BCUT2D eigenvalue weighted by Crippen LogP contribution is -2.27. The summed E-state index contributed by atoms with van der Waals surface area (Å²) in [6.45, 7) is 2.05. The molecule has 3 aromatic rings. The molecule has 1 aromatic carbocycles. The average molecular weight is 276 g/mol. The maximum Gasteiger partial charge on any atom is 0.217 e. The van der Waals surface area contributed by atoms with E-state index in [-0.39, 0.29) is 5.82 Å². The summed E-state index contributed by atoms with van der Waals surface area (Å²) in [6, 6.07) is 4.89. The first-order valence-corrected chi connectivity index (χ1v) is 7.28. The molecule has 0 amide bonds. The molecule has 0 radical (unpaired) electrons. The van der Waals surface area contributed by atoms with Crippen molar-refractivity contribution in [2.24, 2.45) is 0 Å². The molecule has 1 fully saturated rings. The Morgan fingerprint density at radius 2 is 2.11 bits per heavy atom. The second kappa shape index (κ2) is 4.25. The van der Waals surface area contributed by atoms with Crippen LogP contribution in [0, 0.1) is 5.82 Å². The lowest BCUT2D eigenvalue weighted by atomic mass is 9.97. The van der Waals surface area contributed by atoms with Gasteiger partial charge in [-0.05, 0) is 44.1 Å². The van der Waals surface area contributed by atoms with Gasteiger partial charge in [-0.15, -0.1) is 10.2 Å². The van der Waals surface area contributed by atoms with Crippen LogP contribution in [0.4, 0.5) is 4.39 Å². The van der Waals surface area contributed by atoms with Crippen LogP contribution in [0.2, 0.25) is 0 Å². The van der Waals surface area contributed by atoms with Gasteiger partial charge in [-0.3, -0.25) is 4.40 Å². The molecule has 2 aromatic heterocycles. The Balaban J connectivity index is 1.93. The van der Waals surface area contributed by atoms with E-state index in [9.17, 15) is 4.39 Å². The first-order valence-electron chi connectivity index (χ1n) is 6.47. The summed E-state index contributed by atoms with van der Waals surface area (Å²) < 4.78 is 16.3. The van der Waals surface area contributed by atoms with Gasteiger partial charge in [0.15, 0.2) is 0 Å². The lowest BCUT2D eigenvalue weighted by molar-refractivity contribution is 0.443. The number of aromatic nitrogens is 3. The van der Waals surface area contributed by atoms with Crippen molar-refractivity contribution in [1.82, 2.24) is 19.9 Å². The van der Waals surface area contributed by atoms with Crippen LogP contribution in [-0.2, 0) is 0 Å². The van der Waals surface area contributed by atoms with Gasteiger partial charge in [-0.2, -0.15) is 0 Å². The summed E-state index contributed by atoms with van der Waals surface area (Å²) in [6.07, 6.45) is 2.17. The maximum atomic E-state index is 13.3. The van der Waals surface area contributed by atoms with Gasteiger partial charge in [0.25, 0.3) is 0 Å². The molecule has 0 saturated carbocycles. The summed E-state index contributed by atoms with van der Waals surface area (Å²) >= 11 is 1.49. The van der Waals surface area contributed by atoms with Gasteiger partial charge in [0.05, 0.1) is 10.2 Å². The Bertz CT molecular complexity index is 742. The zero-order chi connectivity index (χ0) is 12.8. The molecule has 4 nitrogen and oxygen atoms in total. The predicted octanol–water partition coefficient (Wildman–Crippen LogP) is 2.55. The Morgan fingerprint density at radius 3 is 2.95 bits per heavy atom. The van der Waals surface area contributed by atoms with Gasteiger partial charge in [0.1, 0.15) is 11.6 Å². The minimum atomic E-state index is -0.201. The fourth-order valence-electron chi connectivity index (χ4n) is 2.77. The van der Waals surface area contributed by atoms with Crippen LogP contribution in [-0.4, -0.2) is 27.7 Å². The minimum absolute atomic E-state index is 0.201. The molecule has 1 N–H and O–H groups in total. The van der Waals surface area contributed by atoms with E-state index in [0.29, 0.717) is 5.92 Å². The number of hydrogen-bond acceptors (Lipinski definition) is 4. The zero-order valence-electron chi connectivity index (χ0n) is 10.3. The van der Waals surface area contributed by atoms with E-state index in [1.54, 1.807) is 6.07 Å². The summed E-state index contributed by atoms with van der Waals surface area (Å²) in [7, 11) is 0. The molecule has 1 saturated heterocycles. The van der Waals surface area contributed by atoms with Gasteiger partial charge in [0.2, 0.25) is 4.96 Å². The van der Waals surface area contributed by atoms with Crippen molar-refractivity contribution in [3.05, 3.63) is 29.8 Å². The molecule has 0 unspecified atom stereocenters. The zero-order valence-corrected chi connectivity index (χ0v) is 11.1. The van der Waals surface area contributed by atoms with Crippen LogP contribution in [0.1, 0.15) is 24.6 Å². The predicted molar refractivity (Wildman–Crippen MR) is 73.2 cm³/mol. The number of rotatable bonds is 1. The van der Waals surface area contributed by atoms with Crippen molar-refractivity contribution in [3.63, 3.8) is 0 Å². The number of nitrogens with zero attached hydrogens (tertiary/aromatic N) is 3. The van der Waals surface area contributed by atoms with Gasteiger partial charge in [0, 0.05) is 5.92 Å². The average Bonchev–Trinajstić information content (AvgIpc) is 2.97. The molecule has 3 heterocycles. The third-order valence-corrected chi connectivity index (χ3v) is 4.72. The van der Waals surface area contributed by atoms with Crippen molar-refractivity contribution in [2.45, 2.75) is 18.8 Å². The van der Waals surface area contributed by atoms with Crippen molar-refractivity contribution >= 4 is 26.5 Å². The monoisotopic (exact) mass is 276 g/mol. The molecule has 6 heteroatoms. The highest BCUT2D eigenvalue weighted by Gasteiger charge is 2.22. The Hall–Kier alpha value is -1.53. The smallest absolute Gasteiger partial charge is 0.217 e. The quantitative estimate of drug-likeness (QED) is 0.742. The third kappa shape index (κ3) is 1.74. The summed E-state index contributed by atoms with van der Waals surface area (Å²) in [5.41, 5.74) is 1.01. The van der Waals surface area contributed by atoms with Crippen LogP contribution >= 0.6 is 11.3 Å². The van der Waals surface area contributed by atoms with Crippen molar-refractivity contribution < 1.29 is 4.39 Å². The fraction of sp³-hybridized carbons (Fsp3) is 0.385. The van der Waals surface area contributed by atoms with Crippen LogP contribution in [0.5, 0.6) is 0 Å². The van der Waals surface area contributed by atoms with Gasteiger partial charge < -0.3 is 5.32 Å². The number of benzene rings is 1. The molecule has 4 rings (SSSR count). The highest BCUT2D eigenvalue weighted by atomic mass is 32.1. The Kier molecular flexibility index (Phi) is 2.53. The standard InChI is InChI=1S/C13H13FN4S/c14-9-1-2-10-11(7-9)19-13-17-16-12(18(10)13)8-3-5-15-6-4-8/h1-2,7-8,15H,3-6H2. The molecule has 1 aliphatic heterocycles. The second-order valence-corrected chi connectivity index (χ2v) is 5.92. The SMILES string of the molecule is Fc1ccc2c(c1)sc1nnc(C3CCNCC3)n12. The molecule has 98 valence electrons. The molecule has 19 heavy (non-hydrogen) atoms. The number of fused-ring (bicyclic) bond motifs is 3. The van der Waals surface area contributed by atoms with E-state index in [0.717, 1.165) is 46.9 Å². The number of nitrogens with one attached hydrogen (secondary N) is 1. The van der Waals surface area contributed by atoms with Crippen LogP contribution < -0.4 is 5.32 Å². The summed E-state index contributed by atoms with van der Waals surface area (Å²) in [5.74, 6) is 1.27. The first-order chi connectivity index (χ1) is 9.33. The van der Waals surface area contributed by atoms with Gasteiger partial charge >= 0.3 is 0 Å². The molecule has 0 atom stereocenters. The number of halogens is 1. The van der Waals surface area contributed by atoms with Crippen LogP contribution in [0.15, 0.2) is 18.2 Å². The third-order valence-electron chi connectivity index (χ3n) is 3.73.